The van der Waals surface area contributed by atoms with Crippen LogP contribution in [0.1, 0.15) is 49.0 Å². The molecule has 5 nitrogen and oxygen atoms in total. The molecule has 0 spiro atoms. The summed E-state index contributed by atoms with van der Waals surface area (Å²) in [5.74, 6) is -0.225. The highest BCUT2D eigenvalue weighted by atomic mass is 16.5. The number of nitrogens with zero attached hydrogens (tertiary/aromatic N) is 1. The molecular weight excluding hydrogens is 280 g/mol. The number of carbonyl (C=O) groups is 2. The van der Waals surface area contributed by atoms with E-state index in [0.29, 0.717) is 11.3 Å². The van der Waals surface area contributed by atoms with Crippen LogP contribution in [-0.2, 0) is 4.79 Å². The summed E-state index contributed by atoms with van der Waals surface area (Å²) >= 11 is 0. The molecule has 1 aromatic rings. The quantitative estimate of drug-likeness (QED) is 0.927. The molecule has 1 aromatic carbocycles. The number of rotatable bonds is 4. The Morgan fingerprint density at radius 1 is 1.27 bits per heavy atom. The van der Waals surface area contributed by atoms with Crippen LogP contribution in [0.4, 0.5) is 0 Å². The summed E-state index contributed by atoms with van der Waals surface area (Å²) in [4.78, 5) is 25.8. The highest BCUT2D eigenvalue weighted by Crippen LogP contribution is 2.24. The van der Waals surface area contributed by atoms with E-state index in [9.17, 15) is 9.59 Å². The number of likely N-dealkylation sites (tertiary alicyclic amines) is 1. The van der Waals surface area contributed by atoms with E-state index in [1.165, 1.54) is 0 Å². The average Bonchev–Trinajstić information content (AvgIpc) is 2.44. The third-order valence-corrected chi connectivity index (χ3v) is 4.24. The number of hydrogen-bond acceptors (Lipinski definition) is 3. The second-order valence-electron chi connectivity index (χ2n) is 6.08. The van der Waals surface area contributed by atoms with Gasteiger partial charge in [0.25, 0.3) is 11.8 Å². The smallest absolute Gasteiger partial charge is 0.260 e. The topological polar surface area (TPSA) is 72.6 Å². The summed E-state index contributed by atoms with van der Waals surface area (Å²) in [5, 5.41) is 0. The van der Waals surface area contributed by atoms with Crippen LogP contribution in [0, 0.1) is 6.92 Å². The first kappa shape index (κ1) is 16.3. The van der Waals surface area contributed by atoms with Gasteiger partial charge in [-0.05, 0) is 57.7 Å². The molecule has 2 rings (SSSR count). The minimum atomic E-state index is -0.554. The van der Waals surface area contributed by atoms with E-state index < -0.39 is 5.91 Å². The number of primary amides is 1. The normalized spacial score (nSPS) is 21.5. The van der Waals surface area contributed by atoms with Gasteiger partial charge >= 0.3 is 0 Å². The number of nitrogens with two attached hydrogens (primary N) is 1. The molecule has 0 saturated carbocycles. The standard InChI is InChI=1S/C17H24N2O3/c1-11-7-8-14(17(18)21)15(9-11)22-10-16(20)19-12(2)5-4-6-13(19)3/h7-9,12-13H,4-6,10H2,1-3H3,(H2,18,21). The van der Waals surface area contributed by atoms with Crippen LogP contribution >= 0.6 is 0 Å². The lowest BCUT2D eigenvalue weighted by molar-refractivity contribution is -0.139. The van der Waals surface area contributed by atoms with E-state index in [1.54, 1.807) is 18.2 Å². The molecule has 2 amide bonds. The van der Waals surface area contributed by atoms with Crippen molar-refractivity contribution >= 4 is 11.8 Å². The van der Waals surface area contributed by atoms with Gasteiger partial charge in [-0.15, -0.1) is 0 Å². The van der Waals surface area contributed by atoms with Crippen LogP contribution in [0.15, 0.2) is 18.2 Å². The monoisotopic (exact) mass is 304 g/mol. The molecule has 0 aromatic heterocycles. The molecule has 1 fully saturated rings. The summed E-state index contributed by atoms with van der Waals surface area (Å²) in [7, 11) is 0. The van der Waals surface area contributed by atoms with Crippen LogP contribution < -0.4 is 10.5 Å². The summed E-state index contributed by atoms with van der Waals surface area (Å²) in [6.45, 7) is 5.96. The molecule has 0 bridgehead atoms. The van der Waals surface area contributed by atoms with E-state index in [-0.39, 0.29) is 24.6 Å². The van der Waals surface area contributed by atoms with Crippen molar-refractivity contribution in [2.75, 3.05) is 6.61 Å². The third kappa shape index (κ3) is 3.59. The highest BCUT2D eigenvalue weighted by molar-refractivity contribution is 5.95. The van der Waals surface area contributed by atoms with Crippen molar-refractivity contribution in [3.63, 3.8) is 0 Å². The van der Waals surface area contributed by atoms with Crippen LogP contribution in [0.3, 0.4) is 0 Å². The van der Waals surface area contributed by atoms with Gasteiger partial charge in [-0.1, -0.05) is 6.07 Å². The first-order valence-corrected chi connectivity index (χ1v) is 7.74. The number of piperidine rings is 1. The van der Waals surface area contributed by atoms with Gasteiger partial charge in [-0.3, -0.25) is 9.59 Å². The fourth-order valence-electron chi connectivity index (χ4n) is 3.08. The van der Waals surface area contributed by atoms with E-state index in [4.69, 9.17) is 10.5 Å². The predicted octanol–water partition coefficient (Wildman–Crippen LogP) is 2.26. The number of aryl methyl sites for hydroxylation is 1. The van der Waals surface area contributed by atoms with Crippen LogP contribution in [-0.4, -0.2) is 35.4 Å². The fraction of sp³-hybridized carbons (Fsp3) is 0.529. The predicted molar refractivity (Wildman–Crippen MR) is 84.8 cm³/mol. The molecule has 120 valence electrons. The van der Waals surface area contributed by atoms with E-state index in [2.05, 4.69) is 13.8 Å². The molecule has 1 aliphatic heterocycles. The van der Waals surface area contributed by atoms with Crippen molar-refractivity contribution < 1.29 is 14.3 Å². The van der Waals surface area contributed by atoms with Gasteiger partial charge in [0.05, 0.1) is 5.56 Å². The molecule has 0 radical (unpaired) electrons. The van der Waals surface area contributed by atoms with Gasteiger partial charge in [-0.25, -0.2) is 0 Å². The highest BCUT2D eigenvalue weighted by Gasteiger charge is 2.29. The molecule has 2 N–H and O–H groups in total. The van der Waals surface area contributed by atoms with Crippen molar-refractivity contribution in [2.45, 2.75) is 52.1 Å². The zero-order valence-corrected chi connectivity index (χ0v) is 13.5. The Kier molecular flexibility index (Phi) is 5.06. The van der Waals surface area contributed by atoms with Crippen molar-refractivity contribution in [2.24, 2.45) is 5.73 Å². The Labute approximate surface area is 131 Å². The molecule has 0 aliphatic carbocycles. The fourth-order valence-corrected chi connectivity index (χ4v) is 3.08. The summed E-state index contributed by atoms with van der Waals surface area (Å²) in [5.41, 5.74) is 6.60. The zero-order valence-electron chi connectivity index (χ0n) is 13.5. The van der Waals surface area contributed by atoms with Gasteiger partial charge in [0, 0.05) is 12.1 Å². The van der Waals surface area contributed by atoms with Gasteiger partial charge in [0.1, 0.15) is 5.75 Å². The average molecular weight is 304 g/mol. The van der Waals surface area contributed by atoms with Gasteiger partial charge < -0.3 is 15.4 Å². The number of carbonyl (C=O) groups excluding carboxylic acids is 2. The van der Waals surface area contributed by atoms with Crippen LogP contribution in [0.5, 0.6) is 5.75 Å². The maximum Gasteiger partial charge on any atom is 0.260 e. The summed E-state index contributed by atoms with van der Waals surface area (Å²) in [6.07, 6.45) is 3.19. The number of benzene rings is 1. The molecule has 5 heteroatoms. The molecular formula is C17H24N2O3. The van der Waals surface area contributed by atoms with Crippen molar-refractivity contribution in [1.29, 1.82) is 0 Å². The van der Waals surface area contributed by atoms with Crippen molar-refractivity contribution in [3.05, 3.63) is 29.3 Å². The molecule has 2 atom stereocenters. The van der Waals surface area contributed by atoms with Crippen LogP contribution in [0.25, 0.3) is 0 Å². The van der Waals surface area contributed by atoms with E-state index >= 15 is 0 Å². The number of ether oxygens (including phenoxy) is 1. The van der Waals surface area contributed by atoms with Gasteiger partial charge in [0.15, 0.2) is 6.61 Å². The molecule has 2 unspecified atom stereocenters. The SMILES string of the molecule is Cc1ccc(C(N)=O)c(OCC(=O)N2C(C)CCCC2C)c1. The Balaban J connectivity index is 2.08. The first-order valence-electron chi connectivity index (χ1n) is 7.74. The lowest BCUT2D eigenvalue weighted by atomic mass is 9.97. The Bertz CT molecular complexity index is 561. The van der Waals surface area contributed by atoms with Crippen LogP contribution in [0.2, 0.25) is 0 Å². The zero-order chi connectivity index (χ0) is 16.3. The Morgan fingerprint density at radius 3 is 2.50 bits per heavy atom. The number of hydrogen-bond donors (Lipinski definition) is 1. The molecule has 1 aliphatic rings. The van der Waals surface area contributed by atoms with Crippen molar-refractivity contribution in [3.8, 4) is 5.75 Å². The van der Waals surface area contributed by atoms with Gasteiger partial charge in [0.2, 0.25) is 0 Å². The Morgan fingerprint density at radius 2 is 1.91 bits per heavy atom. The second kappa shape index (κ2) is 6.81. The lowest BCUT2D eigenvalue weighted by Crippen LogP contribution is -2.49. The van der Waals surface area contributed by atoms with Gasteiger partial charge in [-0.2, -0.15) is 0 Å². The minimum Gasteiger partial charge on any atom is -0.483 e. The second-order valence-corrected chi connectivity index (χ2v) is 6.08. The van der Waals surface area contributed by atoms with E-state index in [1.807, 2.05) is 11.8 Å². The first-order chi connectivity index (χ1) is 10.4. The molecule has 1 saturated heterocycles. The van der Waals surface area contributed by atoms with Crippen molar-refractivity contribution in [1.82, 2.24) is 4.90 Å². The summed E-state index contributed by atoms with van der Waals surface area (Å²) < 4.78 is 5.60. The maximum absolute atomic E-state index is 12.4. The molecule has 1 heterocycles. The lowest BCUT2D eigenvalue weighted by Gasteiger charge is -2.39. The largest absolute Gasteiger partial charge is 0.483 e. The number of amides is 2. The maximum atomic E-state index is 12.4. The van der Waals surface area contributed by atoms with E-state index in [0.717, 1.165) is 24.8 Å². The molecule has 22 heavy (non-hydrogen) atoms. The minimum absolute atomic E-state index is 0.0448. The third-order valence-electron chi connectivity index (χ3n) is 4.24. The Hall–Kier alpha value is -2.04. The summed E-state index contributed by atoms with van der Waals surface area (Å²) in [6, 6.07) is 5.62.